The van der Waals surface area contributed by atoms with Crippen molar-refractivity contribution >= 4 is 21.4 Å². The highest BCUT2D eigenvalue weighted by molar-refractivity contribution is 7.89. The van der Waals surface area contributed by atoms with Gasteiger partial charge < -0.3 is 10.5 Å². The molecule has 9 heteroatoms. The maximum absolute atomic E-state index is 12.3. The van der Waals surface area contributed by atoms with Crippen LogP contribution in [0.15, 0.2) is 23.1 Å². The summed E-state index contributed by atoms with van der Waals surface area (Å²) in [7, 11) is -2.56. The first kappa shape index (κ1) is 17.3. The molecule has 0 aliphatic carbocycles. The molecule has 0 saturated carbocycles. The largest absolute Gasteiger partial charge is 0.399 e. The Morgan fingerprint density at radius 3 is 2.67 bits per heavy atom. The number of nitrogen functional groups attached to an aromatic ring is 1. The molecule has 8 nitrogen and oxygen atoms in total. The van der Waals surface area contributed by atoms with Crippen LogP contribution in [0.1, 0.15) is 19.8 Å². The molecule has 1 rings (SSSR count). The average molecular weight is 317 g/mol. The lowest BCUT2D eigenvalue weighted by Gasteiger charge is -2.17. The van der Waals surface area contributed by atoms with Gasteiger partial charge in [0.05, 0.1) is 11.5 Å². The van der Waals surface area contributed by atoms with E-state index in [1.165, 1.54) is 13.2 Å². The first-order chi connectivity index (χ1) is 9.81. The first-order valence-electron chi connectivity index (χ1n) is 6.37. The number of nitrogens with one attached hydrogen (secondary N) is 1. The van der Waals surface area contributed by atoms with E-state index in [9.17, 15) is 18.5 Å². The normalized spacial score (nSPS) is 13.0. The summed E-state index contributed by atoms with van der Waals surface area (Å²) in [5.41, 5.74) is 5.05. The molecule has 0 spiro atoms. The van der Waals surface area contributed by atoms with E-state index >= 15 is 0 Å². The highest BCUT2D eigenvalue weighted by Crippen LogP contribution is 2.26. The fourth-order valence-corrected chi connectivity index (χ4v) is 3.32. The second kappa shape index (κ2) is 7.34. The van der Waals surface area contributed by atoms with Gasteiger partial charge in [-0.05, 0) is 18.6 Å². The summed E-state index contributed by atoms with van der Waals surface area (Å²) in [5.74, 6) is 0. The van der Waals surface area contributed by atoms with Crippen LogP contribution in [-0.2, 0) is 14.8 Å². The Hall–Kier alpha value is -1.71. The number of rotatable bonds is 8. The van der Waals surface area contributed by atoms with Gasteiger partial charge in [0.25, 0.3) is 5.69 Å². The topological polar surface area (TPSA) is 125 Å². The zero-order valence-corrected chi connectivity index (χ0v) is 12.7. The molecule has 0 aliphatic rings. The fourth-order valence-electron chi connectivity index (χ4n) is 1.91. The minimum Gasteiger partial charge on any atom is -0.399 e. The lowest BCUT2D eigenvalue weighted by Crippen LogP contribution is -2.38. The standard InChI is InChI=1S/C12H19N3O5S/c1-3-4-10(8-20-2)14-21(18,19)12-6-5-9(13)7-11(12)15(16)17/h5-7,10,14H,3-4,8,13H2,1-2H3. The highest BCUT2D eigenvalue weighted by atomic mass is 32.2. The van der Waals surface area contributed by atoms with Crippen molar-refractivity contribution in [2.75, 3.05) is 19.5 Å². The Labute approximate surface area is 123 Å². The van der Waals surface area contributed by atoms with Gasteiger partial charge in [-0.2, -0.15) is 0 Å². The third kappa shape index (κ3) is 4.66. The van der Waals surface area contributed by atoms with E-state index in [0.29, 0.717) is 6.42 Å². The smallest absolute Gasteiger partial charge is 0.291 e. The molecule has 1 atom stereocenters. The molecule has 21 heavy (non-hydrogen) atoms. The molecule has 0 aliphatic heterocycles. The van der Waals surface area contributed by atoms with Crippen LogP contribution in [0.5, 0.6) is 0 Å². The summed E-state index contributed by atoms with van der Waals surface area (Å²) in [6, 6.07) is 3.03. The molecule has 3 N–H and O–H groups in total. The molecule has 0 radical (unpaired) electrons. The van der Waals surface area contributed by atoms with Gasteiger partial charge in [0.2, 0.25) is 10.0 Å². The van der Waals surface area contributed by atoms with Crippen LogP contribution in [0, 0.1) is 10.1 Å². The summed E-state index contributed by atoms with van der Waals surface area (Å²) < 4.78 is 32.0. The van der Waals surface area contributed by atoms with Crippen molar-refractivity contribution in [3.63, 3.8) is 0 Å². The number of benzene rings is 1. The zero-order valence-electron chi connectivity index (χ0n) is 11.9. The van der Waals surface area contributed by atoms with Gasteiger partial charge in [-0.1, -0.05) is 13.3 Å². The minimum atomic E-state index is -4.02. The van der Waals surface area contributed by atoms with Crippen LogP contribution in [0.3, 0.4) is 0 Å². The Morgan fingerprint density at radius 1 is 1.48 bits per heavy atom. The van der Waals surface area contributed by atoms with Crippen LogP contribution >= 0.6 is 0 Å². The molecule has 0 amide bonds. The second-order valence-electron chi connectivity index (χ2n) is 4.55. The van der Waals surface area contributed by atoms with E-state index < -0.39 is 31.6 Å². The van der Waals surface area contributed by atoms with Gasteiger partial charge in [0, 0.05) is 24.9 Å². The molecular weight excluding hydrogens is 298 g/mol. The van der Waals surface area contributed by atoms with Crippen molar-refractivity contribution in [3.05, 3.63) is 28.3 Å². The molecule has 0 heterocycles. The van der Waals surface area contributed by atoms with E-state index in [4.69, 9.17) is 10.5 Å². The number of nitro benzene ring substituents is 1. The SMILES string of the molecule is CCCC(COC)NS(=O)(=O)c1ccc(N)cc1[N+](=O)[O-]. The molecule has 0 bridgehead atoms. The number of hydrogen-bond acceptors (Lipinski definition) is 6. The van der Waals surface area contributed by atoms with E-state index in [1.54, 1.807) is 0 Å². The van der Waals surface area contributed by atoms with Gasteiger partial charge in [-0.3, -0.25) is 10.1 Å². The molecular formula is C12H19N3O5S. The molecule has 0 saturated heterocycles. The van der Waals surface area contributed by atoms with Crippen molar-refractivity contribution in [2.45, 2.75) is 30.7 Å². The van der Waals surface area contributed by atoms with Gasteiger partial charge in [0.1, 0.15) is 0 Å². The second-order valence-corrected chi connectivity index (χ2v) is 6.23. The Bertz CT molecular complexity index is 597. The summed E-state index contributed by atoms with van der Waals surface area (Å²) >= 11 is 0. The lowest BCUT2D eigenvalue weighted by molar-refractivity contribution is -0.387. The Balaban J connectivity index is 3.15. The number of nitro groups is 1. The van der Waals surface area contributed by atoms with Gasteiger partial charge >= 0.3 is 0 Å². The fraction of sp³-hybridized carbons (Fsp3) is 0.500. The number of methoxy groups -OCH3 is 1. The predicted octanol–water partition coefficient (Wildman–Crippen LogP) is 1.27. The highest BCUT2D eigenvalue weighted by Gasteiger charge is 2.28. The van der Waals surface area contributed by atoms with Gasteiger partial charge in [-0.25, -0.2) is 13.1 Å². The Kier molecular flexibility index (Phi) is 6.06. The maximum Gasteiger partial charge on any atom is 0.291 e. The number of nitrogens with two attached hydrogens (primary N) is 1. The van der Waals surface area contributed by atoms with Crippen LogP contribution < -0.4 is 10.5 Å². The third-order valence-corrected chi connectivity index (χ3v) is 4.36. The minimum absolute atomic E-state index is 0.127. The molecule has 1 aromatic carbocycles. The van der Waals surface area contributed by atoms with Crippen LogP contribution in [0.2, 0.25) is 0 Å². The van der Waals surface area contributed by atoms with E-state index in [1.807, 2.05) is 6.92 Å². The average Bonchev–Trinajstić information content (AvgIpc) is 2.38. The Morgan fingerprint density at radius 2 is 2.14 bits per heavy atom. The number of anilines is 1. The van der Waals surface area contributed by atoms with Crippen molar-refractivity contribution in [2.24, 2.45) is 0 Å². The monoisotopic (exact) mass is 317 g/mol. The van der Waals surface area contributed by atoms with E-state index in [-0.39, 0.29) is 12.3 Å². The van der Waals surface area contributed by atoms with Gasteiger partial charge in [0.15, 0.2) is 4.90 Å². The number of ether oxygens (including phenoxy) is 1. The van der Waals surface area contributed by atoms with Crippen molar-refractivity contribution in [1.82, 2.24) is 4.72 Å². The third-order valence-electron chi connectivity index (χ3n) is 2.80. The maximum atomic E-state index is 12.3. The summed E-state index contributed by atoms with van der Waals surface area (Å²) in [6.07, 6.45) is 1.32. The number of hydrogen-bond donors (Lipinski definition) is 2. The number of nitrogens with zero attached hydrogens (tertiary/aromatic N) is 1. The zero-order chi connectivity index (χ0) is 16.0. The van der Waals surface area contributed by atoms with Crippen LogP contribution in [0.4, 0.5) is 11.4 Å². The molecule has 0 aromatic heterocycles. The lowest BCUT2D eigenvalue weighted by atomic mass is 10.2. The predicted molar refractivity (Wildman–Crippen MR) is 78.4 cm³/mol. The molecule has 118 valence electrons. The summed E-state index contributed by atoms with van der Waals surface area (Å²) in [5, 5.41) is 11.0. The molecule has 1 unspecified atom stereocenters. The van der Waals surface area contributed by atoms with E-state index in [2.05, 4.69) is 4.72 Å². The molecule has 1 aromatic rings. The van der Waals surface area contributed by atoms with Gasteiger partial charge in [-0.15, -0.1) is 0 Å². The number of sulfonamides is 1. The van der Waals surface area contributed by atoms with Crippen molar-refractivity contribution < 1.29 is 18.1 Å². The summed E-state index contributed by atoms with van der Waals surface area (Å²) in [6.45, 7) is 2.10. The molecule has 0 fully saturated rings. The van der Waals surface area contributed by atoms with Crippen LogP contribution in [0.25, 0.3) is 0 Å². The quantitative estimate of drug-likeness (QED) is 0.422. The van der Waals surface area contributed by atoms with E-state index in [0.717, 1.165) is 18.6 Å². The van der Waals surface area contributed by atoms with Crippen molar-refractivity contribution in [3.8, 4) is 0 Å². The van der Waals surface area contributed by atoms with Crippen molar-refractivity contribution in [1.29, 1.82) is 0 Å². The van der Waals surface area contributed by atoms with Crippen LogP contribution in [-0.4, -0.2) is 33.1 Å². The first-order valence-corrected chi connectivity index (χ1v) is 7.85. The summed E-state index contributed by atoms with van der Waals surface area (Å²) in [4.78, 5) is 9.82.